The summed E-state index contributed by atoms with van der Waals surface area (Å²) < 4.78 is 5.37. The van der Waals surface area contributed by atoms with E-state index in [0.29, 0.717) is 24.6 Å². The summed E-state index contributed by atoms with van der Waals surface area (Å²) in [4.78, 5) is 23.3. The van der Waals surface area contributed by atoms with Gasteiger partial charge in [-0.3, -0.25) is 9.69 Å². The summed E-state index contributed by atoms with van der Waals surface area (Å²) in [5.74, 6) is 2.10. The fourth-order valence-corrected chi connectivity index (χ4v) is 2.81. The van der Waals surface area contributed by atoms with Gasteiger partial charge >= 0.3 is 0 Å². The van der Waals surface area contributed by atoms with E-state index in [1.807, 2.05) is 49.4 Å². The number of benzene rings is 1. The number of hydrogen-bond acceptors (Lipinski definition) is 4. The first-order valence-corrected chi connectivity index (χ1v) is 7.48. The minimum atomic E-state index is 0.0269. The molecule has 4 rings (SSSR count). The lowest BCUT2D eigenvalue weighted by Gasteiger charge is -2.16. The summed E-state index contributed by atoms with van der Waals surface area (Å²) in [6.07, 6.45) is 1.95. The number of aromatic nitrogens is 2. The fourth-order valence-electron chi connectivity index (χ4n) is 2.81. The van der Waals surface area contributed by atoms with Crippen molar-refractivity contribution in [2.75, 3.05) is 4.90 Å². The smallest absolute Gasteiger partial charge is 0.233 e. The summed E-state index contributed by atoms with van der Waals surface area (Å²) >= 11 is 0. The highest BCUT2D eigenvalue weighted by molar-refractivity contribution is 6.00. The third kappa shape index (κ3) is 2.40. The van der Waals surface area contributed by atoms with Gasteiger partial charge in [0.15, 0.2) is 5.82 Å². The zero-order chi connectivity index (χ0) is 15.8. The molecule has 114 valence electrons. The molecule has 2 aromatic heterocycles. The molecule has 5 heteroatoms. The number of hydrogen-bond donors (Lipinski definition) is 0. The van der Waals surface area contributed by atoms with Gasteiger partial charge in [0.25, 0.3) is 0 Å². The van der Waals surface area contributed by atoms with Crippen LogP contribution in [0.1, 0.15) is 17.0 Å². The first-order chi connectivity index (χ1) is 11.2. The maximum absolute atomic E-state index is 12.4. The Morgan fingerprint density at radius 3 is 2.70 bits per heavy atom. The summed E-state index contributed by atoms with van der Waals surface area (Å²) in [6.45, 7) is 2.32. The minimum Gasteiger partial charge on any atom is -0.467 e. The number of amides is 1. The SMILES string of the molecule is Cc1nc(-c2ccccc2)nc2c1CC(=O)N2Cc1ccco1. The zero-order valence-electron chi connectivity index (χ0n) is 12.7. The van der Waals surface area contributed by atoms with Crippen molar-refractivity contribution >= 4 is 11.7 Å². The van der Waals surface area contributed by atoms with Gasteiger partial charge in [-0.25, -0.2) is 9.97 Å². The topological polar surface area (TPSA) is 59.2 Å². The highest BCUT2D eigenvalue weighted by Gasteiger charge is 2.32. The van der Waals surface area contributed by atoms with Crippen molar-refractivity contribution in [3.63, 3.8) is 0 Å². The van der Waals surface area contributed by atoms with E-state index in [1.54, 1.807) is 11.2 Å². The number of furan rings is 1. The molecule has 0 unspecified atom stereocenters. The van der Waals surface area contributed by atoms with Gasteiger partial charge in [-0.1, -0.05) is 30.3 Å². The summed E-state index contributed by atoms with van der Waals surface area (Å²) in [7, 11) is 0. The molecule has 0 N–H and O–H groups in total. The van der Waals surface area contributed by atoms with Gasteiger partial charge < -0.3 is 4.42 Å². The lowest BCUT2D eigenvalue weighted by atomic mass is 10.1. The molecule has 0 aliphatic carbocycles. The molecule has 0 saturated carbocycles. The molecule has 3 aromatic rings. The zero-order valence-corrected chi connectivity index (χ0v) is 12.7. The minimum absolute atomic E-state index is 0.0269. The fraction of sp³-hybridized carbons (Fsp3) is 0.167. The molecule has 0 saturated heterocycles. The third-order valence-corrected chi connectivity index (χ3v) is 4.00. The summed E-state index contributed by atoms with van der Waals surface area (Å²) in [6, 6.07) is 13.5. The number of carbonyl (C=O) groups is 1. The van der Waals surface area contributed by atoms with Crippen LogP contribution in [0, 0.1) is 6.92 Å². The molecule has 1 aliphatic rings. The van der Waals surface area contributed by atoms with E-state index in [4.69, 9.17) is 4.42 Å². The Bertz CT molecular complexity index is 857. The van der Waals surface area contributed by atoms with Gasteiger partial charge in [-0.05, 0) is 19.1 Å². The Balaban J connectivity index is 1.78. The molecule has 23 heavy (non-hydrogen) atoms. The molecular formula is C18H15N3O2. The van der Waals surface area contributed by atoms with E-state index < -0.39 is 0 Å². The van der Waals surface area contributed by atoms with Gasteiger partial charge in [0.2, 0.25) is 5.91 Å². The van der Waals surface area contributed by atoms with E-state index in [1.165, 1.54) is 0 Å². The maximum atomic E-state index is 12.4. The second kappa shape index (κ2) is 5.35. The van der Waals surface area contributed by atoms with Crippen LogP contribution in [-0.4, -0.2) is 15.9 Å². The summed E-state index contributed by atoms with van der Waals surface area (Å²) in [5.41, 5.74) is 2.70. The Morgan fingerprint density at radius 2 is 1.96 bits per heavy atom. The molecule has 1 aromatic carbocycles. The van der Waals surface area contributed by atoms with Gasteiger partial charge in [0.1, 0.15) is 11.6 Å². The van der Waals surface area contributed by atoms with E-state index >= 15 is 0 Å². The molecule has 0 atom stereocenters. The molecule has 0 bridgehead atoms. The second-order valence-electron chi connectivity index (χ2n) is 5.54. The van der Waals surface area contributed by atoms with Crippen molar-refractivity contribution in [1.29, 1.82) is 0 Å². The lowest BCUT2D eigenvalue weighted by Crippen LogP contribution is -2.26. The van der Waals surface area contributed by atoms with Gasteiger partial charge in [-0.15, -0.1) is 0 Å². The summed E-state index contributed by atoms with van der Waals surface area (Å²) in [5, 5.41) is 0. The number of nitrogens with zero attached hydrogens (tertiary/aromatic N) is 3. The third-order valence-electron chi connectivity index (χ3n) is 4.00. The quantitative estimate of drug-likeness (QED) is 0.746. The number of rotatable bonds is 3. The van der Waals surface area contributed by atoms with Crippen LogP contribution in [0.2, 0.25) is 0 Å². The van der Waals surface area contributed by atoms with Crippen LogP contribution in [0.4, 0.5) is 5.82 Å². The molecular weight excluding hydrogens is 290 g/mol. The van der Waals surface area contributed by atoms with Crippen LogP contribution < -0.4 is 4.90 Å². The van der Waals surface area contributed by atoms with Gasteiger partial charge in [0.05, 0.1) is 19.2 Å². The van der Waals surface area contributed by atoms with Gasteiger partial charge in [0, 0.05) is 16.8 Å². The Hall–Kier alpha value is -2.95. The maximum Gasteiger partial charge on any atom is 0.233 e. The first-order valence-electron chi connectivity index (χ1n) is 7.48. The second-order valence-corrected chi connectivity index (χ2v) is 5.54. The molecule has 5 nitrogen and oxygen atoms in total. The first kappa shape index (κ1) is 13.7. The Morgan fingerprint density at radius 1 is 1.13 bits per heavy atom. The monoisotopic (exact) mass is 305 g/mol. The van der Waals surface area contributed by atoms with Crippen molar-refractivity contribution in [1.82, 2.24) is 9.97 Å². The number of anilines is 1. The molecule has 0 spiro atoms. The molecule has 1 amide bonds. The van der Waals surface area contributed by atoms with Crippen molar-refractivity contribution in [2.24, 2.45) is 0 Å². The van der Waals surface area contributed by atoms with Crippen LogP contribution in [-0.2, 0) is 17.8 Å². The molecule has 1 aliphatic heterocycles. The molecule has 0 radical (unpaired) electrons. The van der Waals surface area contributed by atoms with Crippen molar-refractivity contribution < 1.29 is 9.21 Å². The number of carbonyl (C=O) groups excluding carboxylic acids is 1. The predicted octanol–water partition coefficient (Wildman–Crippen LogP) is 3.13. The van der Waals surface area contributed by atoms with E-state index in [0.717, 1.165) is 22.6 Å². The van der Waals surface area contributed by atoms with E-state index in [9.17, 15) is 4.79 Å². The predicted molar refractivity (Wildman–Crippen MR) is 85.8 cm³/mol. The lowest BCUT2D eigenvalue weighted by molar-refractivity contribution is -0.117. The van der Waals surface area contributed by atoms with Crippen molar-refractivity contribution in [3.05, 3.63) is 65.7 Å². The highest BCUT2D eigenvalue weighted by atomic mass is 16.3. The molecule has 0 fully saturated rings. The van der Waals surface area contributed by atoms with Crippen LogP contribution in [0.25, 0.3) is 11.4 Å². The standard InChI is InChI=1S/C18H15N3O2/c1-12-15-10-16(22)21(11-14-8-5-9-23-14)18(15)20-17(19-12)13-6-3-2-4-7-13/h2-9H,10-11H2,1H3. The number of aryl methyl sites for hydroxylation is 1. The van der Waals surface area contributed by atoms with E-state index in [2.05, 4.69) is 9.97 Å². The highest BCUT2D eigenvalue weighted by Crippen LogP contribution is 2.32. The molecule has 3 heterocycles. The van der Waals surface area contributed by atoms with Crippen LogP contribution in [0.5, 0.6) is 0 Å². The van der Waals surface area contributed by atoms with Crippen molar-refractivity contribution in [2.45, 2.75) is 19.9 Å². The largest absolute Gasteiger partial charge is 0.467 e. The number of fused-ring (bicyclic) bond motifs is 1. The Labute approximate surface area is 133 Å². The van der Waals surface area contributed by atoms with Crippen molar-refractivity contribution in [3.8, 4) is 11.4 Å². The van der Waals surface area contributed by atoms with Crippen LogP contribution in [0.3, 0.4) is 0 Å². The average Bonchev–Trinajstić information content (AvgIpc) is 3.18. The van der Waals surface area contributed by atoms with Crippen LogP contribution in [0.15, 0.2) is 53.1 Å². The average molecular weight is 305 g/mol. The van der Waals surface area contributed by atoms with Gasteiger partial charge in [-0.2, -0.15) is 0 Å². The Kier molecular flexibility index (Phi) is 3.19. The van der Waals surface area contributed by atoms with Crippen LogP contribution >= 0.6 is 0 Å². The van der Waals surface area contributed by atoms with E-state index in [-0.39, 0.29) is 5.91 Å². The normalized spacial score (nSPS) is 13.4.